The molecule has 0 aromatic heterocycles. The van der Waals surface area contributed by atoms with E-state index in [9.17, 15) is 15.0 Å². The van der Waals surface area contributed by atoms with Gasteiger partial charge in [0.05, 0.1) is 12.2 Å². The van der Waals surface area contributed by atoms with Gasteiger partial charge < -0.3 is 14.9 Å². The molecule has 1 heterocycles. The summed E-state index contributed by atoms with van der Waals surface area (Å²) >= 11 is 0. The quantitative estimate of drug-likeness (QED) is 0.352. The normalized spacial score (nSPS) is 56.5. The number of aliphatic hydroxyl groups excluding tert-OH is 1. The van der Waals surface area contributed by atoms with Crippen molar-refractivity contribution < 1.29 is 19.7 Å². The minimum absolute atomic E-state index is 0.0261. The second-order valence-electron chi connectivity index (χ2n) is 15.2. The summed E-state index contributed by atoms with van der Waals surface area (Å²) < 4.78 is 6.16. The van der Waals surface area contributed by atoms with E-state index in [4.69, 9.17) is 4.74 Å². The van der Waals surface area contributed by atoms with E-state index in [0.717, 1.165) is 38.5 Å². The summed E-state index contributed by atoms with van der Waals surface area (Å²) in [6.07, 6.45) is 10.3. The molecule has 1 saturated heterocycles. The number of rotatable bonds is 1. The zero-order chi connectivity index (χ0) is 24.7. The van der Waals surface area contributed by atoms with Crippen LogP contribution < -0.4 is 0 Å². The first-order valence-electron chi connectivity index (χ1n) is 13.9. The van der Waals surface area contributed by atoms with Gasteiger partial charge in [-0.3, -0.25) is 4.79 Å². The highest BCUT2D eigenvalue weighted by molar-refractivity contribution is 5.78. The maximum atomic E-state index is 12.9. The van der Waals surface area contributed by atoms with E-state index < -0.39 is 11.4 Å². The second-order valence-corrected chi connectivity index (χ2v) is 15.2. The van der Waals surface area contributed by atoms with E-state index in [-0.39, 0.29) is 51.3 Å². The summed E-state index contributed by atoms with van der Waals surface area (Å²) in [7, 11) is 0. The lowest BCUT2D eigenvalue weighted by atomic mass is 9.33. The molecule has 4 nitrogen and oxygen atoms in total. The Morgan fingerprint density at radius 1 is 0.941 bits per heavy atom. The molecule has 0 aromatic carbocycles. The van der Waals surface area contributed by atoms with Crippen LogP contribution in [-0.2, 0) is 9.53 Å². The Labute approximate surface area is 205 Å². The second kappa shape index (κ2) is 6.52. The van der Waals surface area contributed by atoms with E-state index >= 15 is 0 Å². The van der Waals surface area contributed by atoms with Crippen LogP contribution >= 0.6 is 0 Å². The van der Waals surface area contributed by atoms with Crippen molar-refractivity contribution in [3.63, 3.8) is 0 Å². The Morgan fingerprint density at radius 3 is 2.32 bits per heavy atom. The first-order valence-corrected chi connectivity index (χ1v) is 13.9. The first kappa shape index (κ1) is 23.5. The van der Waals surface area contributed by atoms with Crippen LogP contribution in [0.5, 0.6) is 0 Å². The van der Waals surface area contributed by atoms with Gasteiger partial charge in [0.1, 0.15) is 11.5 Å². The van der Waals surface area contributed by atoms with Gasteiger partial charge in [0.15, 0.2) is 0 Å². The van der Waals surface area contributed by atoms with E-state index in [1.807, 2.05) is 0 Å². The van der Waals surface area contributed by atoms with Gasteiger partial charge in [0.2, 0.25) is 0 Å². The van der Waals surface area contributed by atoms with Crippen LogP contribution in [0.25, 0.3) is 0 Å². The lowest BCUT2D eigenvalue weighted by molar-refractivity contribution is -0.204. The van der Waals surface area contributed by atoms with Crippen molar-refractivity contribution in [1.82, 2.24) is 0 Å². The highest BCUT2D eigenvalue weighted by atomic mass is 16.6. The van der Waals surface area contributed by atoms with Crippen LogP contribution in [0.15, 0.2) is 11.6 Å². The SMILES string of the molecule is CC1(C)C[C@H]2C3=CC[C@@H]4[C@@]5(C)CC[C@H](O)C(C)(C)[C@@H]5CC[C@@]4(C)[C@]3(C)CC[C@@]2(C(=O)O)[C@@H]2O[C@@H]21. The number of ether oxygens (including phenoxy) is 1. The molecule has 1 aliphatic heterocycles. The molecular formula is C30H46O4. The maximum Gasteiger partial charge on any atom is 0.313 e. The van der Waals surface area contributed by atoms with Gasteiger partial charge >= 0.3 is 5.97 Å². The Kier molecular flexibility index (Phi) is 4.51. The van der Waals surface area contributed by atoms with Gasteiger partial charge in [-0.05, 0) is 96.2 Å². The zero-order valence-corrected chi connectivity index (χ0v) is 22.4. The van der Waals surface area contributed by atoms with Gasteiger partial charge in [-0.25, -0.2) is 0 Å². The van der Waals surface area contributed by atoms with Gasteiger partial charge in [-0.15, -0.1) is 0 Å². The third-order valence-electron chi connectivity index (χ3n) is 13.4. The lowest BCUT2D eigenvalue weighted by Gasteiger charge is -2.71. The molecule has 0 radical (unpaired) electrons. The third-order valence-corrected chi connectivity index (χ3v) is 13.4. The Bertz CT molecular complexity index is 965. The third kappa shape index (κ3) is 2.46. The number of allylic oxidation sites excluding steroid dienone is 2. The summed E-state index contributed by atoms with van der Waals surface area (Å²) in [6.45, 7) is 16.7. The van der Waals surface area contributed by atoms with Crippen molar-refractivity contribution in [1.29, 1.82) is 0 Å². The maximum absolute atomic E-state index is 12.9. The minimum Gasteiger partial charge on any atom is -0.481 e. The van der Waals surface area contributed by atoms with Crippen LogP contribution in [0, 0.1) is 50.2 Å². The molecule has 0 bridgehead atoms. The van der Waals surface area contributed by atoms with Crippen molar-refractivity contribution in [2.45, 2.75) is 118 Å². The fourth-order valence-electron chi connectivity index (χ4n) is 11.1. The summed E-state index contributed by atoms with van der Waals surface area (Å²) in [6, 6.07) is 0. The summed E-state index contributed by atoms with van der Waals surface area (Å²) in [5, 5.41) is 21.5. The molecule has 2 N–H and O–H groups in total. The molecule has 6 aliphatic rings. The van der Waals surface area contributed by atoms with Crippen molar-refractivity contribution in [2.24, 2.45) is 50.2 Å². The number of epoxide rings is 1. The molecule has 5 fully saturated rings. The summed E-state index contributed by atoms with van der Waals surface area (Å²) in [4.78, 5) is 12.9. The molecule has 34 heavy (non-hydrogen) atoms. The monoisotopic (exact) mass is 470 g/mol. The van der Waals surface area contributed by atoms with E-state index in [2.05, 4.69) is 54.5 Å². The first-order chi connectivity index (χ1) is 15.7. The van der Waals surface area contributed by atoms with Crippen LogP contribution in [0.1, 0.15) is 99.8 Å². The lowest BCUT2D eigenvalue weighted by Crippen LogP contribution is -2.65. The van der Waals surface area contributed by atoms with Crippen molar-refractivity contribution in [3.05, 3.63) is 11.6 Å². The fourth-order valence-corrected chi connectivity index (χ4v) is 11.1. The summed E-state index contributed by atoms with van der Waals surface area (Å²) in [5.41, 5.74) is 1.11. The predicted molar refractivity (Wildman–Crippen MR) is 132 cm³/mol. The molecule has 5 aliphatic carbocycles. The van der Waals surface area contributed by atoms with Gasteiger partial charge in [-0.2, -0.15) is 0 Å². The number of aliphatic hydroxyl groups is 1. The standard InChI is InChI=1S/C30H46O4/c1-25(2)16-18-17-8-9-20-27(5)12-11-21(31)26(3,4)19(27)10-13-29(20,7)28(17,6)14-15-30(18,24(32)33)23-22(25)34-23/h8,18-23,31H,9-16H2,1-7H3,(H,32,33)/t18-,19-,20+,21-,22-,23+,27-,28+,29+,30-/m0/s1. The Hall–Kier alpha value is -0.870. The van der Waals surface area contributed by atoms with E-state index in [1.54, 1.807) is 0 Å². The number of carbonyl (C=O) groups is 1. The molecule has 6 rings (SSSR count). The Balaban J connectivity index is 1.45. The fraction of sp³-hybridized carbons (Fsp3) is 0.900. The molecular weight excluding hydrogens is 424 g/mol. The van der Waals surface area contributed by atoms with Crippen molar-refractivity contribution in [2.75, 3.05) is 0 Å². The molecule has 4 saturated carbocycles. The number of carboxylic acid groups (broad SMARTS) is 1. The van der Waals surface area contributed by atoms with Gasteiger partial charge in [0.25, 0.3) is 0 Å². The number of carboxylic acids is 1. The van der Waals surface area contributed by atoms with Gasteiger partial charge in [0, 0.05) is 0 Å². The predicted octanol–water partition coefficient (Wildman–Crippen LogP) is 6.22. The molecule has 10 atom stereocenters. The van der Waals surface area contributed by atoms with Crippen LogP contribution in [-0.4, -0.2) is 34.5 Å². The highest BCUT2D eigenvalue weighted by Gasteiger charge is 2.75. The largest absolute Gasteiger partial charge is 0.481 e. The average Bonchev–Trinajstić information content (AvgIpc) is 3.54. The van der Waals surface area contributed by atoms with Crippen LogP contribution in [0.4, 0.5) is 0 Å². The van der Waals surface area contributed by atoms with Crippen molar-refractivity contribution in [3.8, 4) is 0 Å². The number of aliphatic carboxylic acids is 1. The Morgan fingerprint density at radius 2 is 1.65 bits per heavy atom. The highest BCUT2D eigenvalue weighted by Crippen LogP contribution is 2.77. The zero-order valence-electron chi connectivity index (χ0n) is 22.4. The molecule has 0 amide bonds. The van der Waals surface area contributed by atoms with Crippen LogP contribution in [0.2, 0.25) is 0 Å². The van der Waals surface area contributed by atoms with Gasteiger partial charge in [-0.1, -0.05) is 60.1 Å². The molecule has 190 valence electrons. The average molecular weight is 471 g/mol. The van der Waals surface area contributed by atoms with E-state index in [0.29, 0.717) is 11.8 Å². The number of hydrogen-bond acceptors (Lipinski definition) is 3. The van der Waals surface area contributed by atoms with Crippen LogP contribution in [0.3, 0.4) is 0 Å². The summed E-state index contributed by atoms with van der Waals surface area (Å²) in [5.74, 6) is 0.569. The smallest absolute Gasteiger partial charge is 0.313 e. The number of hydrogen-bond donors (Lipinski definition) is 2. The van der Waals surface area contributed by atoms with E-state index in [1.165, 1.54) is 18.4 Å². The van der Waals surface area contributed by atoms with Crippen molar-refractivity contribution >= 4 is 5.97 Å². The molecule has 0 aromatic rings. The molecule has 0 spiro atoms. The molecule has 0 unspecified atom stereocenters. The topological polar surface area (TPSA) is 70.1 Å². The molecule has 4 heteroatoms. The minimum atomic E-state index is -0.743. The number of fused-ring (bicyclic) bond motifs is 9.